The van der Waals surface area contributed by atoms with Gasteiger partial charge in [0.2, 0.25) is 0 Å². The third kappa shape index (κ3) is 5.41. The van der Waals surface area contributed by atoms with Gasteiger partial charge < -0.3 is 4.90 Å². The Morgan fingerprint density at radius 2 is 2.05 bits per heavy atom. The van der Waals surface area contributed by atoms with E-state index in [1.165, 1.54) is 12.1 Å². The maximum absolute atomic E-state index is 13.2. The predicted octanol–water partition coefficient (Wildman–Crippen LogP) is 4.11. The Balaban J connectivity index is 2.74. The molecule has 0 spiro atoms. The Bertz CT molecular complexity index is 403. The van der Waals surface area contributed by atoms with Crippen molar-refractivity contribution in [1.82, 2.24) is 4.90 Å². The molecule has 0 saturated heterocycles. The van der Waals surface area contributed by atoms with Gasteiger partial charge in [0.25, 0.3) is 5.91 Å². The molecule has 1 rings (SSSR count). The maximum Gasteiger partial charge on any atom is 0.253 e. The molecule has 0 unspecified atom stereocenters. The number of rotatable bonds is 7. The molecule has 1 aromatic rings. The first-order valence-electron chi connectivity index (χ1n) is 7.09. The van der Waals surface area contributed by atoms with E-state index in [-0.39, 0.29) is 11.7 Å². The Morgan fingerprint density at radius 1 is 1.32 bits per heavy atom. The second kappa shape index (κ2) is 7.93. The molecule has 0 N–H and O–H groups in total. The van der Waals surface area contributed by atoms with E-state index in [2.05, 4.69) is 20.8 Å². The largest absolute Gasteiger partial charge is 0.339 e. The van der Waals surface area contributed by atoms with Crippen molar-refractivity contribution in [2.24, 2.45) is 5.92 Å². The number of unbranched alkanes of at least 4 members (excludes halogenated alkanes) is 1. The van der Waals surface area contributed by atoms with Crippen LogP contribution in [0.1, 0.15) is 50.4 Å². The average molecular weight is 265 g/mol. The molecule has 1 aromatic carbocycles. The lowest BCUT2D eigenvalue weighted by atomic mass is 10.1. The van der Waals surface area contributed by atoms with E-state index in [4.69, 9.17) is 0 Å². The third-order valence-electron chi connectivity index (χ3n) is 3.12. The zero-order valence-electron chi connectivity index (χ0n) is 12.2. The van der Waals surface area contributed by atoms with Crippen LogP contribution in [0.25, 0.3) is 0 Å². The van der Waals surface area contributed by atoms with Crippen LogP contribution in [0.4, 0.5) is 4.39 Å². The third-order valence-corrected chi connectivity index (χ3v) is 3.12. The monoisotopic (exact) mass is 265 g/mol. The molecular weight excluding hydrogens is 241 g/mol. The molecule has 0 saturated carbocycles. The zero-order chi connectivity index (χ0) is 14.3. The summed E-state index contributed by atoms with van der Waals surface area (Å²) in [4.78, 5) is 14.2. The van der Waals surface area contributed by atoms with Gasteiger partial charge in [-0.3, -0.25) is 4.79 Å². The second-order valence-electron chi connectivity index (χ2n) is 5.34. The lowest BCUT2D eigenvalue weighted by Crippen LogP contribution is -2.33. The summed E-state index contributed by atoms with van der Waals surface area (Å²) in [7, 11) is 0. The van der Waals surface area contributed by atoms with Gasteiger partial charge in [0.15, 0.2) is 0 Å². The van der Waals surface area contributed by atoms with Crippen molar-refractivity contribution in [1.29, 1.82) is 0 Å². The molecule has 1 amide bonds. The number of nitrogens with zero attached hydrogens (tertiary/aromatic N) is 1. The van der Waals surface area contributed by atoms with Crippen molar-refractivity contribution < 1.29 is 9.18 Å². The molecule has 0 fully saturated rings. The van der Waals surface area contributed by atoms with Crippen molar-refractivity contribution in [3.63, 3.8) is 0 Å². The van der Waals surface area contributed by atoms with Crippen molar-refractivity contribution in [2.75, 3.05) is 13.1 Å². The smallest absolute Gasteiger partial charge is 0.253 e. The van der Waals surface area contributed by atoms with Crippen molar-refractivity contribution in [3.8, 4) is 0 Å². The minimum absolute atomic E-state index is 0.0615. The minimum atomic E-state index is -0.356. The summed E-state index contributed by atoms with van der Waals surface area (Å²) in [5, 5.41) is 0. The van der Waals surface area contributed by atoms with Crippen LogP contribution in [-0.4, -0.2) is 23.9 Å². The standard InChI is InChI=1S/C16H24FNO/c1-4-5-10-18(11-9-13(2)3)16(19)14-7-6-8-15(17)12-14/h6-8,12-13H,4-5,9-11H2,1-3H3. The number of carbonyl (C=O) groups excluding carboxylic acids is 1. The van der Waals surface area contributed by atoms with E-state index >= 15 is 0 Å². The minimum Gasteiger partial charge on any atom is -0.339 e. The van der Waals surface area contributed by atoms with Gasteiger partial charge in [-0.05, 0) is 37.0 Å². The normalized spacial score (nSPS) is 10.8. The van der Waals surface area contributed by atoms with E-state index in [0.29, 0.717) is 11.5 Å². The first-order chi connectivity index (χ1) is 9.04. The highest BCUT2D eigenvalue weighted by molar-refractivity contribution is 5.94. The van der Waals surface area contributed by atoms with Gasteiger partial charge in [-0.15, -0.1) is 0 Å². The van der Waals surface area contributed by atoms with Crippen LogP contribution in [0.2, 0.25) is 0 Å². The summed E-state index contributed by atoms with van der Waals surface area (Å²) in [5.41, 5.74) is 0.444. The van der Waals surface area contributed by atoms with Crippen molar-refractivity contribution >= 4 is 5.91 Å². The Morgan fingerprint density at radius 3 is 2.63 bits per heavy atom. The number of hydrogen-bond acceptors (Lipinski definition) is 1. The molecular formula is C16H24FNO. The van der Waals surface area contributed by atoms with Crippen LogP contribution in [0.5, 0.6) is 0 Å². The Labute approximate surface area is 115 Å². The fourth-order valence-corrected chi connectivity index (χ4v) is 1.88. The number of carbonyl (C=O) groups is 1. The molecule has 0 atom stereocenters. The number of benzene rings is 1. The van der Waals surface area contributed by atoms with Crippen LogP contribution in [0, 0.1) is 11.7 Å². The van der Waals surface area contributed by atoms with Gasteiger partial charge in [0.1, 0.15) is 5.82 Å². The van der Waals surface area contributed by atoms with Gasteiger partial charge in [-0.2, -0.15) is 0 Å². The summed E-state index contributed by atoms with van der Waals surface area (Å²) in [6.45, 7) is 7.88. The number of hydrogen-bond donors (Lipinski definition) is 0. The summed E-state index contributed by atoms with van der Waals surface area (Å²) in [6, 6.07) is 5.95. The molecule has 0 radical (unpaired) electrons. The average Bonchev–Trinajstić information content (AvgIpc) is 2.38. The van der Waals surface area contributed by atoms with Gasteiger partial charge in [0, 0.05) is 18.7 Å². The highest BCUT2D eigenvalue weighted by Gasteiger charge is 2.15. The lowest BCUT2D eigenvalue weighted by molar-refractivity contribution is 0.0745. The second-order valence-corrected chi connectivity index (χ2v) is 5.34. The summed E-state index contributed by atoms with van der Waals surface area (Å²) >= 11 is 0. The van der Waals surface area contributed by atoms with Gasteiger partial charge in [-0.25, -0.2) is 4.39 Å². The first-order valence-corrected chi connectivity index (χ1v) is 7.09. The fourth-order valence-electron chi connectivity index (χ4n) is 1.88. The van der Waals surface area contributed by atoms with E-state index in [1.54, 1.807) is 12.1 Å². The van der Waals surface area contributed by atoms with Crippen LogP contribution >= 0.6 is 0 Å². The molecule has 0 aliphatic heterocycles. The highest BCUT2D eigenvalue weighted by atomic mass is 19.1. The summed E-state index contributed by atoms with van der Waals surface area (Å²) in [6.07, 6.45) is 3.01. The van der Waals surface area contributed by atoms with Gasteiger partial charge in [-0.1, -0.05) is 33.3 Å². The van der Waals surface area contributed by atoms with Gasteiger partial charge >= 0.3 is 0 Å². The molecule has 3 heteroatoms. The topological polar surface area (TPSA) is 20.3 Å². The maximum atomic E-state index is 13.2. The zero-order valence-corrected chi connectivity index (χ0v) is 12.2. The number of halogens is 1. The van der Waals surface area contributed by atoms with E-state index in [9.17, 15) is 9.18 Å². The molecule has 19 heavy (non-hydrogen) atoms. The Hall–Kier alpha value is -1.38. The van der Waals surface area contributed by atoms with E-state index in [1.807, 2.05) is 4.90 Å². The highest BCUT2D eigenvalue weighted by Crippen LogP contribution is 2.11. The molecule has 0 aromatic heterocycles. The van der Waals surface area contributed by atoms with Gasteiger partial charge in [0.05, 0.1) is 0 Å². The fraction of sp³-hybridized carbons (Fsp3) is 0.562. The SMILES string of the molecule is CCCCN(CCC(C)C)C(=O)c1cccc(F)c1. The van der Waals surface area contributed by atoms with E-state index < -0.39 is 0 Å². The summed E-state index contributed by atoms with van der Waals surface area (Å²) in [5.74, 6) is 0.142. The molecule has 0 aliphatic rings. The van der Waals surface area contributed by atoms with Crippen LogP contribution in [0.3, 0.4) is 0 Å². The first kappa shape index (κ1) is 15.7. The van der Waals surface area contributed by atoms with E-state index in [0.717, 1.165) is 32.4 Å². The quantitative estimate of drug-likeness (QED) is 0.726. The molecule has 0 heterocycles. The molecule has 106 valence electrons. The lowest BCUT2D eigenvalue weighted by Gasteiger charge is -2.23. The Kier molecular flexibility index (Phi) is 6.54. The number of amides is 1. The molecule has 0 bridgehead atoms. The van der Waals surface area contributed by atoms with Crippen LogP contribution < -0.4 is 0 Å². The molecule has 0 aliphatic carbocycles. The summed E-state index contributed by atoms with van der Waals surface area (Å²) < 4.78 is 13.2. The van der Waals surface area contributed by atoms with Crippen molar-refractivity contribution in [3.05, 3.63) is 35.6 Å². The molecule has 2 nitrogen and oxygen atoms in total. The van der Waals surface area contributed by atoms with Crippen molar-refractivity contribution in [2.45, 2.75) is 40.0 Å². The van der Waals surface area contributed by atoms with Crippen LogP contribution in [-0.2, 0) is 0 Å². The van der Waals surface area contributed by atoms with Crippen LogP contribution in [0.15, 0.2) is 24.3 Å². The predicted molar refractivity (Wildman–Crippen MR) is 76.7 cm³/mol.